The molecule has 2 heterocycles. The number of rotatable bonds is 5. The fourth-order valence-electron chi connectivity index (χ4n) is 4.32. The topological polar surface area (TPSA) is 94.2 Å². The maximum Gasteiger partial charge on any atom is 0.344 e. The third-order valence-corrected chi connectivity index (χ3v) is 5.57. The zero-order valence-electron chi connectivity index (χ0n) is 17.9. The van der Waals surface area contributed by atoms with E-state index in [0.29, 0.717) is 23.4 Å². The Kier molecular flexibility index (Phi) is 5.31. The van der Waals surface area contributed by atoms with Crippen molar-refractivity contribution in [2.24, 2.45) is 0 Å². The standard InChI is InChI=1S/C23H24N2O6/c1-12-9-13(2)11-14(10-12)24-21(27)16-6-8-18(26)25(16)22-15-5-7-17(29-3)20(30-4)19(15)23(28)31-22/h5,7,9-11,16,22H,6,8H2,1-4H3,(H,24,27)/t16-,22+/m1/s1. The predicted molar refractivity (Wildman–Crippen MR) is 112 cm³/mol. The minimum atomic E-state index is -0.993. The molecule has 162 valence electrons. The minimum Gasteiger partial charge on any atom is -0.493 e. The van der Waals surface area contributed by atoms with Crippen LogP contribution in [-0.2, 0) is 14.3 Å². The smallest absolute Gasteiger partial charge is 0.344 e. The molecular formula is C23H24N2O6. The Labute approximate surface area is 180 Å². The normalized spacial score (nSPS) is 19.8. The number of anilines is 1. The van der Waals surface area contributed by atoms with E-state index in [2.05, 4.69) is 5.32 Å². The largest absolute Gasteiger partial charge is 0.493 e. The molecular weight excluding hydrogens is 400 g/mol. The van der Waals surface area contributed by atoms with Crippen LogP contribution in [0.25, 0.3) is 0 Å². The zero-order chi connectivity index (χ0) is 22.3. The number of carbonyl (C=O) groups is 3. The number of fused-ring (bicyclic) bond motifs is 1. The van der Waals surface area contributed by atoms with Gasteiger partial charge in [-0.15, -0.1) is 0 Å². The number of hydrogen-bond donors (Lipinski definition) is 1. The minimum absolute atomic E-state index is 0.196. The van der Waals surface area contributed by atoms with Gasteiger partial charge in [-0.05, 0) is 55.7 Å². The Hall–Kier alpha value is -3.55. The number of aryl methyl sites for hydroxylation is 2. The van der Waals surface area contributed by atoms with Crippen molar-refractivity contribution in [3.8, 4) is 11.5 Å². The number of ether oxygens (including phenoxy) is 3. The summed E-state index contributed by atoms with van der Waals surface area (Å²) in [6.07, 6.45) is -0.458. The second-order valence-electron chi connectivity index (χ2n) is 7.74. The highest BCUT2D eigenvalue weighted by Crippen LogP contribution is 2.45. The molecule has 2 aromatic carbocycles. The number of cyclic esters (lactones) is 1. The maximum absolute atomic E-state index is 13.1. The van der Waals surface area contributed by atoms with Crippen molar-refractivity contribution in [3.63, 3.8) is 0 Å². The molecule has 1 saturated heterocycles. The van der Waals surface area contributed by atoms with Crippen LogP contribution < -0.4 is 14.8 Å². The van der Waals surface area contributed by atoms with Crippen molar-refractivity contribution in [1.29, 1.82) is 0 Å². The van der Waals surface area contributed by atoms with Gasteiger partial charge >= 0.3 is 5.97 Å². The third kappa shape index (κ3) is 3.58. The molecule has 2 aliphatic rings. The number of esters is 1. The molecule has 31 heavy (non-hydrogen) atoms. The number of carbonyl (C=O) groups excluding carboxylic acids is 3. The quantitative estimate of drug-likeness (QED) is 0.742. The van der Waals surface area contributed by atoms with E-state index in [1.807, 2.05) is 32.0 Å². The van der Waals surface area contributed by atoms with E-state index in [0.717, 1.165) is 11.1 Å². The highest BCUT2D eigenvalue weighted by atomic mass is 16.6. The third-order valence-electron chi connectivity index (χ3n) is 5.57. The van der Waals surface area contributed by atoms with E-state index in [1.165, 1.54) is 19.1 Å². The van der Waals surface area contributed by atoms with Crippen molar-refractivity contribution >= 4 is 23.5 Å². The second kappa shape index (κ2) is 7.94. The number of benzene rings is 2. The van der Waals surface area contributed by atoms with Gasteiger partial charge in [0.1, 0.15) is 11.6 Å². The van der Waals surface area contributed by atoms with Crippen LogP contribution in [0.5, 0.6) is 11.5 Å². The van der Waals surface area contributed by atoms with E-state index in [9.17, 15) is 14.4 Å². The van der Waals surface area contributed by atoms with Gasteiger partial charge in [-0.25, -0.2) is 4.79 Å². The van der Waals surface area contributed by atoms with Crippen molar-refractivity contribution in [3.05, 3.63) is 52.6 Å². The van der Waals surface area contributed by atoms with Crippen LogP contribution in [0.2, 0.25) is 0 Å². The molecule has 2 atom stereocenters. The van der Waals surface area contributed by atoms with Crippen LogP contribution in [0.15, 0.2) is 30.3 Å². The van der Waals surface area contributed by atoms with Gasteiger partial charge < -0.3 is 19.5 Å². The van der Waals surface area contributed by atoms with E-state index in [1.54, 1.807) is 12.1 Å². The molecule has 8 heteroatoms. The highest BCUT2D eigenvalue weighted by molar-refractivity contribution is 6.01. The van der Waals surface area contributed by atoms with E-state index in [4.69, 9.17) is 14.2 Å². The van der Waals surface area contributed by atoms with Gasteiger partial charge in [0.25, 0.3) is 0 Å². The molecule has 2 aliphatic heterocycles. The van der Waals surface area contributed by atoms with Crippen molar-refractivity contribution < 1.29 is 28.6 Å². The first-order valence-electron chi connectivity index (χ1n) is 10.00. The van der Waals surface area contributed by atoms with E-state index in [-0.39, 0.29) is 29.5 Å². The molecule has 1 fully saturated rings. The Bertz CT molecular complexity index is 1060. The molecule has 0 bridgehead atoms. The number of hydrogen-bond acceptors (Lipinski definition) is 6. The Balaban J connectivity index is 1.65. The van der Waals surface area contributed by atoms with Gasteiger partial charge in [0.05, 0.1) is 14.2 Å². The molecule has 0 spiro atoms. The van der Waals surface area contributed by atoms with Crippen LogP contribution in [0, 0.1) is 13.8 Å². The summed E-state index contributed by atoms with van der Waals surface area (Å²) < 4.78 is 16.2. The first-order chi connectivity index (χ1) is 14.8. The summed E-state index contributed by atoms with van der Waals surface area (Å²) >= 11 is 0. The fourth-order valence-corrected chi connectivity index (χ4v) is 4.32. The molecule has 0 radical (unpaired) electrons. The van der Waals surface area contributed by atoms with E-state index >= 15 is 0 Å². The summed E-state index contributed by atoms with van der Waals surface area (Å²) in [4.78, 5) is 39.8. The van der Waals surface area contributed by atoms with E-state index < -0.39 is 18.2 Å². The average molecular weight is 424 g/mol. The van der Waals surface area contributed by atoms with Crippen molar-refractivity contribution in [1.82, 2.24) is 4.90 Å². The summed E-state index contributed by atoms with van der Waals surface area (Å²) in [5.41, 5.74) is 3.39. The molecule has 0 aromatic heterocycles. The van der Waals surface area contributed by atoms with Crippen molar-refractivity contribution in [2.75, 3.05) is 19.5 Å². The lowest BCUT2D eigenvalue weighted by molar-refractivity contribution is -0.144. The second-order valence-corrected chi connectivity index (χ2v) is 7.74. The first kappa shape index (κ1) is 20.7. The van der Waals surface area contributed by atoms with Gasteiger partial charge in [0, 0.05) is 17.7 Å². The number of amides is 2. The maximum atomic E-state index is 13.1. The summed E-state index contributed by atoms with van der Waals surface area (Å²) in [7, 11) is 2.90. The molecule has 0 aliphatic carbocycles. The SMILES string of the molecule is COc1ccc2c(c1OC)C(=O)O[C@@H]2N1C(=O)CC[C@@H]1C(=O)Nc1cc(C)cc(C)c1. The molecule has 2 aromatic rings. The van der Waals surface area contributed by atoms with Gasteiger partial charge in [-0.3, -0.25) is 14.5 Å². The van der Waals surface area contributed by atoms with Crippen LogP contribution >= 0.6 is 0 Å². The van der Waals surface area contributed by atoms with Gasteiger partial charge in [-0.1, -0.05) is 6.07 Å². The van der Waals surface area contributed by atoms with Crippen molar-refractivity contribution in [2.45, 2.75) is 39.0 Å². The molecule has 0 unspecified atom stereocenters. The lowest BCUT2D eigenvalue weighted by atomic mass is 10.0. The summed E-state index contributed by atoms with van der Waals surface area (Å²) in [5.74, 6) is -0.558. The van der Waals surface area contributed by atoms with Crippen LogP contribution in [0.3, 0.4) is 0 Å². The van der Waals surface area contributed by atoms with Gasteiger partial charge in [-0.2, -0.15) is 0 Å². The summed E-state index contributed by atoms with van der Waals surface area (Å²) in [5, 5.41) is 2.90. The Morgan fingerprint density at radius 3 is 2.45 bits per heavy atom. The highest BCUT2D eigenvalue weighted by Gasteiger charge is 2.47. The molecule has 0 saturated carbocycles. The number of likely N-dealkylation sites (tertiary alicyclic amines) is 1. The zero-order valence-corrected chi connectivity index (χ0v) is 17.9. The lowest BCUT2D eigenvalue weighted by Crippen LogP contribution is -2.43. The molecule has 2 amide bonds. The molecule has 4 rings (SSSR count). The van der Waals surface area contributed by atoms with Crippen LogP contribution in [0.4, 0.5) is 5.69 Å². The van der Waals surface area contributed by atoms with Gasteiger partial charge in [0.2, 0.25) is 18.0 Å². The summed E-state index contributed by atoms with van der Waals surface area (Å²) in [6, 6.07) is 8.30. The lowest BCUT2D eigenvalue weighted by Gasteiger charge is -2.29. The number of methoxy groups -OCH3 is 2. The van der Waals surface area contributed by atoms with Gasteiger partial charge in [0.15, 0.2) is 11.5 Å². The molecule has 8 nitrogen and oxygen atoms in total. The predicted octanol–water partition coefficient (Wildman–Crippen LogP) is 3.12. The Morgan fingerprint density at radius 1 is 1.10 bits per heavy atom. The van der Waals surface area contributed by atoms with Crippen LogP contribution in [-0.4, -0.2) is 42.9 Å². The molecule has 1 N–H and O–H groups in total. The number of nitrogens with one attached hydrogen (secondary N) is 1. The van der Waals surface area contributed by atoms with Crippen LogP contribution in [0.1, 0.15) is 46.1 Å². The fraction of sp³-hybridized carbons (Fsp3) is 0.348. The summed E-state index contributed by atoms with van der Waals surface area (Å²) in [6.45, 7) is 3.90. The number of nitrogens with zero attached hydrogens (tertiary/aromatic N) is 1. The average Bonchev–Trinajstić information content (AvgIpc) is 3.26. The Morgan fingerprint density at radius 2 is 1.81 bits per heavy atom. The monoisotopic (exact) mass is 424 g/mol. The first-order valence-corrected chi connectivity index (χ1v) is 10.00.